The number of hydrogen-bond acceptors (Lipinski definition) is 3. The molecule has 0 aromatic heterocycles. The molecule has 1 atom stereocenters. The van der Waals surface area contributed by atoms with E-state index in [1.807, 2.05) is 44.4 Å². The van der Waals surface area contributed by atoms with E-state index < -0.39 is 0 Å². The summed E-state index contributed by atoms with van der Waals surface area (Å²) in [6.07, 6.45) is 2.55. The first-order valence-electron chi connectivity index (χ1n) is 6.15. The van der Waals surface area contributed by atoms with Gasteiger partial charge in [-0.3, -0.25) is 4.79 Å². The van der Waals surface area contributed by atoms with Crippen LogP contribution in [0.1, 0.15) is 30.6 Å². The van der Waals surface area contributed by atoms with Gasteiger partial charge in [0.25, 0.3) is 5.91 Å². The van der Waals surface area contributed by atoms with E-state index in [-0.39, 0.29) is 18.6 Å². The van der Waals surface area contributed by atoms with Crippen molar-refractivity contribution >= 4 is 17.7 Å². The Bertz CT molecular complexity index is 393. The van der Waals surface area contributed by atoms with Crippen LogP contribution in [0, 0.1) is 5.92 Å². The summed E-state index contributed by atoms with van der Waals surface area (Å²) < 4.78 is 0. The molecule has 0 aliphatic carbocycles. The van der Waals surface area contributed by atoms with E-state index in [4.69, 9.17) is 5.11 Å². The van der Waals surface area contributed by atoms with Crippen molar-refractivity contribution in [3.8, 4) is 0 Å². The van der Waals surface area contributed by atoms with Crippen molar-refractivity contribution in [2.45, 2.75) is 31.2 Å². The van der Waals surface area contributed by atoms with Crippen LogP contribution in [-0.2, 0) is 0 Å². The second-order valence-corrected chi connectivity index (χ2v) is 5.38. The maximum Gasteiger partial charge on any atom is 0.252 e. The van der Waals surface area contributed by atoms with E-state index in [1.54, 1.807) is 11.8 Å². The lowest BCUT2D eigenvalue weighted by Crippen LogP contribution is -2.39. The molecule has 0 bridgehead atoms. The second kappa shape index (κ2) is 7.44. The number of carbonyl (C=O) groups is 1. The van der Waals surface area contributed by atoms with Gasteiger partial charge >= 0.3 is 0 Å². The maximum atomic E-state index is 12.2. The number of amides is 1. The molecule has 0 aliphatic heterocycles. The molecule has 4 heteroatoms. The van der Waals surface area contributed by atoms with Gasteiger partial charge in [0.1, 0.15) is 0 Å². The van der Waals surface area contributed by atoms with Crippen LogP contribution in [0.3, 0.4) is 0 Å². The molecule has 0 fully saturated rings. The zero-order valence-corrected chi connectivity index (χ0v) is 12.0. The highest BCUT2D eigenvalue weighted by Crippen LogP contribution is 2.20. The summed E-state index contributed by atoms with van der Waals surface area (Å²) in [6, 6.07) is 7.58. The van der Waals surface area contributed by atoms with Gasteiger partial charge in [-0.1, -0.05) is 26.0 Å². The van der Waals surface area contributed by atoms with Gasteiger partial charge in [0.2, 0.25) is 0 Å². The van der Waals surface area contributed by atoms with E-state index in [1.165, 1.54) is 0 Å². The first-order chi connectivity index (χ1) is 8.60. The normalized spacial score (nSPS) is 12.5. The molecular formula is C14H21NO2S. The molecule has 0 saturated carbocycles. The van der Waals surface area contributed by atoms with Crippen LogP contribution in [0.4, 0.5) is 0 Å². The zero-order valence-electron chi connectivity index (χ0n) is 11.1. The van der Waals surface area contributed by atoms with Gasteiger partial charge in [-0.15, -0.1) is 11.8 Å². The second-order valence-electron chi connectivity index (χ2n) is 4.54. The highest BCUT2D eigenvalue weighted by molar-refractivity contribution is 7.98. The Morgan fingerprint density at radius 1 is 1.39 bits per heavy atom. The fraction of sp³-hybridized carbons (Fsp3) is 0.500. The van der Waals surface area contributed by atoms with Gasteiger partial charge in [-0.05, 0) is 30.7 Å². The third kappa shape index (κ3) is 4.03. The van der Waals surface area contributed by atoms with Crippen LogP contribution < -0.4 is 5.32 Å². The molecule has 1 amide bonds. The van der Waals surface area contributed by atoms with E-state index in [0.29, 0.717) is 17.9 Å². The summed E-state index contributed by atoms with van der Waals surface area (Å²) in [6.45, 7) is 4.18. The quantitative estimate of drug-likeness (QED) is 0.779. The minimum atomic E-state index is -0.0629. The first kappa shape index (κ1) is 15.1. The fourth-order valence-corrected chi connectivity index (χ4v) is 2.38. The molecule has 18 heavy (non-hydrogen) atoms. The molecule has 0 spiro atoms. The summed E-state index contributed by atoms with van der Waals surface area (Å²) in [7, 11) is 0. The van der Waals surface area contributed by atoms with Crippen molar-refractivity contribution in [3.63, 3.8) is 0 Å². The molecule has 0 heterocycles. The van der Waals surface area contributed by atoms with Crippen molar-refractivity contribution in [3.05, 3.63) is 29.8 Å². The van der Waals surface area contributed by atoms with Crippen LogP contribution >= 0.6 is 11.8 Å². The van der Waals surface area contributed by atoms with E-state index in [9.17, 15) is 4.79 Å². The molecule has 1 rings (SSSR count). The Morgan fingerprint density at radius 3 is 2.61 bits per heavy atom. The third-order valence-corrected chi connectivity index (χ3v) is 3.71. The van der Waals surface area contributed by atoms with E-state index in [2.05, 4.69) is 5.32 Å². The third-order valence-electron chi connectivity index (χ3n) is 2.91. The molecule has 2 N–H and O–H groups in total. The monoisotopic (exact) mass is 267 g/mol. The summed E-state index contributed by atoms with van der Waals surface area (Å²) in [5.74, 6) is 0.245. The minimum Gasteiger partial charge on any atom is -0.396 e. The molecule has 0 saturated heterocycles. The number of nitrogens with one attached hydrogen (secondary N) is 1. The van der Waals surface area contributed by atoms with Crippen molar-refractivity contribution in [2.75, 3.05) is 12.9 Å². The van der Waals surface area contributed by atoms with Crippen LogP contribution in [0.25, 0.3) is 0 Å². The maximum absolute atomic E-state index is 12.2. The van der Waals surface area contributed by atoms with Gasteiger partial charge in [-0.2, -0.15) is 0 Å². The zero-order chi connectivity index (χ0) is 13.5. The van der Waals surface area contributed by atoms with Crippen molar-refractivity contribution < 1.29 is 9.90 Å². The van der Waals surface area contributed by atoms with Gasteiger partial charge in [0.15, 0.2) is 0 Å². The van der Waals surface area contributed by atoms with Crippen LogP contribution in [0.5, 0.6) is 0 Å². The molecule has 1 aromatic rings. The number of benzene rings is 1. The van der Waals surface area contributed by atoms with E-state index >= 15 is 0 Å². The predicted octanol–water partition coefficient (Wildman–Crippen LogP) is 2.55. The smallest absolute Gasteiger partial charge is 0.252 e. The lowest BCUT2D eigenvalue weighted by molar-refractivity contribution is 0.0913. The molecule has 1 aromatic carbocycles. The lowest BCUT2D eigenvalue weighted by atomic mass is 10.0. The van der Waals surface area contributed by atoms with Crippen LogP contribution in [-0.4, -0.2) is 29.9 Å². The van der Waals surface area contributed by atoms with Crippen LogP contribution in [0.2, 0.25) is 0 Å². The number of thioether (sulfide) groups is 1. The average Bonchev–Trinajstić information content (AvgIpc) is 2.37. The summed E-state index contributed by atoms with van der Waals surface area (Å²) >= 11 is 1.56. The summed E-state index contributed by atoms with van der Waals surface area (Å²) in [4.78, 5) is 13.2. The highest BCUT2D eigenvalue weighted by atomic mass is 32.2. The molecular weight excluding hydrogens is 246 g/mol. The van der Waals surface area contributed by atoms with Gasteiger partial charge in [-0.25, -0.2) is 0 Å². The Labute approximate surface area is 113 Å². The number of rotatable bonds is 6. The highest BCUT2D eigenvalue weighted by Gasteiger charge is 2.18. The molecule has 0 aliphatic rings. The number of carbonyl (C=O) groups excluding carboxylic acids is 1. The van der Waals surface area contributed by atoms with Gasteiger partial charge < -0.3 is 10.4 Å². The molecule has 3 nitrogen and oxygen atoms in total. The number of aliphatic hydroxyl groups excluding tert-OH is 1. The largest absolute Gasteiger partial charge is 0.396 e. The Morgan fingerprint density at radius 2 is 2.06 bits per heavy atom. The van der Waals surface area contributed by atoms with Crippen LogP contribution in [0.15, 0.2) is 29.2 Å². The molecule has 100 valence electrons. The average molecular weight is 267 g/mol. The standard InChI is InChI=1S/C14H21NO2S/c1-10(2)12(8-9-16)15-14(17)11-6-4-5-7-13(11)18-3/h4-7,10,12,16H,8-9H2,1-3H3,(H,15,17). The minimum absolute atomic E-state index is 0.0115. The van der Waals surface area contributed by atoms with Crippen molar-refractivity contribution in [2.24, 2.45) is 5.92 Å². The lowest BCUT2D eigenvalue weighted by Gasteiger charge is -2.22. The molecule has 1 unspecified atom stereocenters. The van der Waals surface area contributed by atoms with E-state index in [0.717, 1.165) is 4.90 Å². The summed E-state index contributed by atoms with van der Waals surface area (Å²) in [5, 5.41) is 12.0. The fourth-order valence-electron chi connectivity index (χ4n) is 1.79. The van der Waals surface area contributed by atoms with Crippen molar-refractivity contribution in [1.29, 1.82) is 0 Å². The van der Waals surface area contributed by atoms with Crippen molar-refractivity contribution in [1.82, 2.24) is 5.32 Å². The number of hydrogen-bond donors (Lipinski definition) is 2. The van der Waals surface area contributed by atoms with Gasteiger partial charge in [0, 0.05) is 17.5 Å². The molecule has 0 radical (unpaired) electrons. The van der Waals surface area contributed by atoms with Gasteiger partial charge in [0.05, 0.1) is 5.56 Å². The first-order valence-corrected chi connectivity index (χ1v) is 7.37. The number of aliphatic hydroxyl groups is 1. The summed E-state index contributed by atoms with van der Waals surface area (Å²) in [5.41, 5.74) is 0.702. The SMILES string of the molecule is CSc1ccccc1C(=O)NC(CCO)C(C)C. The Balaban J connectivity index is 2.80. The Hall–Kier alpha value is -1.00. The Kier molecular flexibility index (Phi) is 6.22. The predicted molar refractivity (Wildman–Crippen MR) is 76.0 cm³/mol. The topological polar surface area (TPSA) is 49.3 Å².